The molecule has 1 amide bonds. The Balaban J connectivity index is 2.36. The average molecular weight is 242 g/mol. The molecule has 1 aliphatic rings. The van der Waals surface area contributed by atoms with Gasteiger partial charge in [0.25, 0.3) is 0 Å². The number of ether oxygens (including phenoxy) is 1. The fourth-order valence-electron chi connectivity index (χ4n) is 1.93. The van der Waals surface area contributed by atoms with Crippen LogP contribution in [0.3, 0.4) is 0 Å². The zero-order valence-electron chi connectivity index (χ0n) is 10.2. The van der Waals surface area contributed by atoms with Crippen molar-refractivity contribution in [3.63, 3.8) is 0 Å². The summed E-state index contributed by atoms with van der Waals surface area (Å²) in [5.74, 6) is 0.480. The van der Waals surface area contributed by atoms with Crippen LogP contribution in [0.15, 0.2) is 5.28 Å². The van der Waals surface area contributed by atoms with E-state index in [9.17, 15) is 4.79 Å². The number of hydrogen-bond donors (Lipinski definition) is 0. The normalized spacial score (nSPS) is 21.2. The maximum Gasteiger partial charge on any atom is 0.421 e. The second kappa shape index (κ2) is 6.98. The van der Waals surface area contributed by atoms with Crippen molar-refractivity contribution in [3.05, 3.63) is 10.4 Å². The van der Waals surface area contributed by atoms with Crippen molar-refractivity contribution in [1.29, 1.82) is 0 Å². The van der Waals surface area contributed by atoms with Crippen molar-refractivity contribution >= 4 is 6.09 Å². The molecule has 17 heavy (non-hydrogen) atoms. The molecule has 1 saturated heterocycles. The van der Waals surface area contributed by atoms with E-state index < -0.39 is 6.09 Å². The highest BCUT2D eigenvalue weighted by Crippen LogP contribution is 2.20. The lowest BCUT2D eigenvalue weighted by molar-refractivity contribution is 0.0387. The number of carbonyl (C=O) groups excluding carboxylic acids is 1. The molecule has 1 fully saturated rings. The van der Waals surface area contributed by atoms with Crippen LogP contribution in [0.1, 0.15) is 26.2 Å². The van der Waals surface area contributed by atoms with Gasteiger partial charge in [-0.15, -0.1) is 0 Å². The van der Waals surface area contributed by atoms with Crippen LogP contribution in [0.2, 0.25) is 0 Å². The van der Waals surface area contributed by atoms with Gasteiger partial charge in [0.05, 0.1) is 0 Å². The van der Waals surface area contributed by atoms with Gasteiger partial charge in [-0.1, -0.05) is 0 Å². The Morgan fingerprint density at radius 2 is 2.53 bits per heavy atom. The predicted octanol–water partition coefficient (Wildman–Crippen LogP) is 2.49. The molecule has 1 aliphatic heterocycles. The molecule has 0 N–H and O–H groups in total. The molecule has 7 nitrogen and oxygen atoms in total. The van der Waals surface area contributed by atoms with Crippen LogP contribution < -0.4 is 0 Å². The predicted molar refractivity (Wildman–Crippen MR) is 61.0 cm³/mol. The van der Waals surface area contributed by atoms with E-state index in [0.29, 0.717) is 5.92 Å². The van der Waals surface area contributed by atoms with E-state index in [-0.39, 0.29) is 6.04 Å². The molecule has 0 bridgehead atoms. The number of hydrogen-bond acceptors (Lipinski definition) is 4. The van der Waals surface area contributed by atoms with Gasteiger partial charge in [0.15, 0.2) is 0 Å². The summed E-state index contributed by atoms with van der Waals surface area (Å²) in [6, 6.07) is 0.0306. The number of rotatable bonds is 4. The Morgan fingerprint density at radius 3 is 3.12 bits per heavy atom. The highest BCUT2D eigenvalue weighted by Gasteiger charge is 2.22. The summed E-state index contributed by atoms with van der Waals surface area (Å²) in [7, 11) is 1.63. The largest absolute Gasteiger partial charge is 0.421 e. The van der Waals surface area contributed by atoms with Crippen LogP contribution in [0, 0.1) is 5.92 Å². The SMILES string of the molecule is C[C@@H](CC1CCCOC1)N(C)C(=O)ON=[N+]=[N-]. The van der Waals surface area contributed by atoms with Gasteiger partial charge in [-0.25, -0.2) is 4.79 Å². The first kappa shape index (κ1) is 13.6. The third kappa shape index (κ3) is 4.50. The highest BCUT2D eigenvalue weighted by atomic mass is 16.7. The average Bonchev–Trinajstić information content (AvgIpc) is 2.36. The van der Waals surface area contributed by atoms with Gasteiger partial charge in [-0.2, -0.15) is 0 Å². The fourth-order valence-corrected chi connectivity index (χ4v) is 1.93. The van der Waals surface area contributed by atoms with Crippen LogP contribution in [0.4, 0.5) is 4.79 Å². The van der Waals surface area contributed by atoms with Crippen LogP contribution in [-0.2, 0) is 9.57 Å². The first-order chi connectivity index (χ1) is 8.15. The molecular weight excluding hydrogens is 224 g/mol. The second-order valence-electron chi connectivity index (χ2n) is 4.31. The molecule has 0 saturated carbocycles. The number of amides is 1. The molecule has 1 rings (SSSR count). The van der Waals surface area contributed by atoms with Crippen molar-refractivity contribution in [2.75, 3.05) is 20.3 Å². The Morgan fingerprint density at radius 1 is 1.76 bits per heavy atom. The molecule has 0 aromatic carbocycles. The molecule has 1 unspecified atom stereocenters. The summed E-state index contributed by atoms with van der Waals surface area (Å²) < 4.78 is 5.39. The summed E-state index contributed by atoms with van der Waals surface area (Å²) in [6.45, 7) is 3.52. The Hall–Kier alpha value is -1.46. The van der Waals surface area contributed by atoms with Crippen molar-refractivity contribution in [3.8, 4) is 0 Å². The number of carbonyl (C=O) groups is 1. The zero-order chi connectivity index (χ0) is 12.7. The first-order valence-electron chi connectivity index (χ1n) is 5.71. The second-order valence-corrected chi connectivity index (χ2v) is 4.31. The highest BCUT2D eigenvalue weighted by molar-refractivity contribution is 5.67. The molecule has 0 radical (unpaired) electrons. The zero-order valence-corrected chi connectivity index (χ0v) is 10.2. The van der Waals surface area contributed by atoms with Gasteiger partial charge < -0.3 is 14.5 Å². The Labute approximate surface area is 100 Å². The van der Waals surface area contributed by atoms with Crippen LogP contribution in [0.5, 0.6) is 0 Å². The molecular formula is C10H18N4O3. The van der Waals surface area contributed by atoms with Crippen molar-refractivity contribution < 1.29 is 14.4 Å². The topological polar surface area (TPSA) is 87.5 Å². The minimum atomic E-state index is -0.632. The maximum atomic E-state index is 11.4. The molecule has 96 valence electrons. The number of azide groups is 1. The molecule has 7 heteroatoms. The summed E-state index contributed by atoms with van der Waals surface area (Å²) in [6.07, 6.45) is 2.43. The summed E-state index contributed by atoms with van der Waals surface area (Å²) in [5, 5.41) is 2.79. The van der Waals surface area contributed by atoms with Crippen LogP contribution in [0.25, 0.3) is 10.4 Å². The summed E-state index contributed by atoms with van der Waals surface area (Å²) in [5.41, 5.74) is 8.04. The van der Waals surface area contributed by atoms with Crippen molar-refractivity contribution in [2.24, 2.45) is 11.2 Å². The van der Waals surface area contributed by atoms with Crippen molar-refractivity contribution in [1.82, 2.24) is 4.90 Å². The Kier molecular flexibility index (Phi) is 5.59. The number of nitrogens with zero attached hydrogens (tertiary/aromatic N) is 4. The molecule has 0 aliphatic carbocycles. The molecule has 0 spiro atoms. The van der Waals surface area contributed by atoms with E-state index in [0.717, 1.165) is 32.5 Å². The van der Waals surface area contributed by atoms with Gasteiger partial charge in [0.1, 0.15) is 5.28 Å². The van der Waals surface area contributed by atoms with E-state index in [4.69, 9.17) is 10.3 Å². The summed E-state index contributed by atoms with van der Waals surface area (Å²) >= 11 is 0. The van der Waals surface area contributed by atoms with E-state index in [1.807, 2.05) is 6.92 Å². The van der Waals surface area contributed by atoms with E-state index in [1.165, 1.54) is 4.90 Å². The van der Waals surface area contributed by atoms with Gasteiger partial charge in [-0.05, 0) is 37.6 Å². The van der Waals surface area contributed by atoms with E-state index in [2.05, 4.69) is 15.0 Å². The lowest BCUT2D eigenvalue weighted by Gasteiger charge is -2.29. The maximum absolute atomic E-state index is 11.4. The minimum Gasteiger partial charge on any atom is -0.381 e. The van der Waals surface area contributed by atoms with Gasteiger partial charge in [-0.3, -0.25) is 0 Å². The molecule has 0 aromatic rings. The van der Waals surface area contributed by atoms with Crippen molar-refractivity contribution in [2.45, 2.75) is 32.2 Å². The van der Waals surface area contributed by atoms with E-state index >= 15 is 0 Å². The minimum absolute atomic E-state index is 0.0306. The molecule has 2 atom stereocenters. The quantitative estimate of drug-likeness (QED) is 0.328. The smallest absolute Gasteiger partial charge is 0.381 e. The lowest BCUT2D eigenvalue weighted by Crippen LogP contribution is -2.37. The molecule has 0 aromatic heterocycles. The third-order valence-electron chi connectivity index (χ3n) is 3.03. The Bertz CT molecular complexity index is 298. The standard InChI is InChI=1S/C10H18N4O3/c1-8(6-9-4-3-5-16-7-9)14(2)10(15)17-13-12-11/h8-9H,3-7H2,1-2H3/t8-,9?/m0/s1. The summed E-state index contributed by atoms with van der Waals surface area (Å²) in [4.78, 5) is 19.5. The van der Waals surface area contributed by atoms with E-state index in [1.54, 1.807) is 7.05 Å². The monoisotopic (exact) mass is 242 g/mol. The van der Waals surface area contributed by atoms with Gasteiger partial charge >= 0.3 is 6.09 Å². The first-order valence-corrected chi connectivity index (χ1v) is 5.71. The molecule has 1 heterocycles. The third-order valence-corrected chi connectivity index (χ3v) is 3.03. The van der Waals surface area contributed by atoms with Crippen LogP contribution in [-0.4, -0.2) is 37.3 Å². The van der Waals surface area contributed by atoms with Gasteiger partial charge in [0, 0.05) is 31.2 Å². The lowest BCUT2D eigenvalue weighted by atomic mass is 9.94. The van der Waals surface area contributed by atoms with Crippen LogP contribution >= 0.6 is 0 Å². The fraction of sp³-hybridized carbons (Fsp3) is 0.900. The van der Waals surface area contributed by atoms with Gasteiger partial charge in [0.2, 0.25) is 0 Å².